The van der Waals surface area contributed by atoms with E-state index in [1.54, 1.807) is 23.5 Å². The maximum atomic E-state index is 12.9. The fourth-order valence-corrected chi connectivity index (χ4v) is 4.99. The highest BCUT2D eigenvalue weighted by Crippen LogP contribution is 2.30. The Kier molecular flexibility index (Phi) is 5.31. The molecule has 2 heterocycles. The molecular formula is C20H20FN3OS2. The van der Waals surface area contributed by atoms with Crippen LogP contribution in [0, 0.1) is 12.7 Å². The Morgan fingerprint density at radius 3 is 2.63 bits per heavy atom. The predicted octanol–water partition coefficient (Wildman–Crippen LogP) is 4.18. The zero-order valence-electron chi connectivity index (χ0n) is 15.0. The smallest absolute Gasteiger partial charge is 0.233 e. The standard InChI is InChI=1S/C20H20FN3OS2/c1-14-2-7-17-18(12-14)27-20(22-17)24-10-8-23(9-11-24)19(25)13-26-16-5-3-15(21)4-6-16/h2-7,12H,8-11,13H2,1H3. The molecule has 3 aromatic rings. The Bertz CT molecular complexity index is 950. The lowest BCUT2D eigenvalue weighted by Crippen LogP contribution is -2.49. The summed E-state index contributed by atoms with van der Waals surface area (Å²) in [6.07, 6.45) is 0. The first-order chi connectivity index (χ1) is 13.1. The van der Waals surface area contributed by atoms with Crippen LogP contribution in [0.5, 0.6) is 0 Å². The number of nitrogens with zero attached hydrogens (tertiary/aromatic N) is 3. The zero-order chi connectivity index (χ0) is 18.8. The molecule has 1 fully saturated rings. The summed E-state index contributed by atoms with van der Waals surface area (Å²) in [5.74, 6) is 0.252. The molecule has 0 bridgehead atoms. The van der Waals surface area contributed by atoms with Crippen molar-refractivity contribution in [3.05, 3.63) is 53.8 Å². The molecule has 0 radical (unpaired) electrons. The molecule has 0 spiro atoms. The summed E-state index contributed by atoms with van der Waals surface area (Å²) in [5.41, 5.74) is 2.28. The molecule has 27 heavy (non-hydrogen) atoms. The van der Waals surface area contributed by atoms with E-state index in [9.17, 15) is 9.18 Å². The van der Waals surface area contributed by atoms with Crippen LogP contribution in [0.2, 0.25) is 0 Å². The molecule has 0 N–H and O–H groups in total. The summed E-state index contributed by atoms with van der Waals surface area (Å²) in [4.78, 5) is 22.3. The highest BCUT2D eigenvalue weighted by atomic mass is 32.2. The van der Waals surface area contributed by atoms with E-state index in [2.05, 4.69) is 30.0 Å². The third kappa shape index (κ3) is 4.25. The van der Waals surface area contributed by atoms with Crippen LogP contribution < -0.4 is 4.90 Å². The van der Waals surface area contributed by atoms with Crippen LogP contribution in [-0.4, -0.2) is 47.7 Å². The van der Waals surface area contributed by atoms with Crippen LogP contribution >= 0.6 is 23.1 Å². The minimum absolute atomic E-state index is 0.129. The zero-order valence-corrected chi connectivity index (χ0v) is 16.7. The maximum Gasteiger partial charge on any atom is 0.233 e. The quantitative estimate of drug-likeness (QED) is 0.615. The highest BCUT2D eigenvalue weighted by Gasteiger charge is 2.23. The lowest BCUT2D eigenvalue weighted by atomic mass is 10.2. The van der Waals surface area contributed by atoms with Crippen LogP contribution in [0.3, 0.4) is 0 Å². The molecule has 1 saturated heterocycles. The van der Waals surface area contributed by atoms with Gasteiger partial charge in [0.15, 0.2) is 5.13 Å². The molecule has 2 aromatic carbocycles. The van der Waals surface area contributed by atoms with Crippen molar-refractivity contribution < 1.29 is 9.18 Å². The molecule has 4 nitrogen and oxygen atoms in total. The van der Waals surface area contributed by atoms with Crippen molar-refractivity contribution in [3.63, 3.8) is 0 Å². The Labute approximate surface area is 166 Å². The van der Waals surface area contributed by atoms with E-state index in [-0.39, 0.29) is 11.7 Å². The SMILES string of the molecule is Cc1ccc2nc(N3CCN(C(=O)CSc4ccc(F)cc4)CC3)sc2c1. The third-order valence-electron chi connectivity index (χ3n) is 4.61. The van der Waals surface area contributed by atoms with Gasteiger partial charge in [-0.1, -0.05) is 17.4 Å². The normalized spacial score (nSPS) is 14.7. The summed E-state index contributed by atoms with van der Waals surface area (Å²) < 4.78 is 14.2. The fraction of sp³-hybridized carbons (Fsp3) is 0.300. The van der Waals surface area contributed by atoms with Gasteiger partial charge in [-0.3, -0.25) is 4.79 Å². The van der Waals surface area contributed by atoms with Gasteiger partial charge in [-0.2, -0.15) is 0 Å². The van der Waals surface area contributed by atoms with E-state index in [1.165, 1.54) is 34.2 Å². The lowest BCUT2D eigenvalue weighted by Gasteiger charge is -2.34. The van der Waals surface area contributed by atoms with Crippen molar-refractivity contribution in [1.29, 1.82) is 0 Å². The largest absolute Gasteiger partial charge is 0.345 e. The molecule has 0 unspecified atom stereocenters. The monoisotopic (exact) mass is 401 g/mol. The van der Waals surface area contributed by atoms with Crippen molar-refractivity contribution in [2.24, 2.45) is 0 Å². The van der Waals surface area contributed by atoms with Crippen molar-refractivity contribution in [1.82, 2.24) is 9.88 Å². The summed E-state index contributed by atoms with van der Waals surface area (Å²) in [7, 11) is 0. The van der Waals surface area contributed by atoms with Crippen LogP contribution in [0.1, 0.15) is 5.56 Å². The molecule has 1 aliphatic rings. The number of anilines is 1. The summed E-state index contributed by atoms with van der Waals surface area (Å²) in [6.45, 7) is 5.10. The first-order valence-corrected chi connectivity index (χ1v) is 10.7. The number of carbonyl (C=O) groups is 1. The number of halogens is 1. The van der Waals surface area contributed by atoms with Gasteiger partial charge >= 0.3 is 0 Å². The number of thioether (sulfide) groups is 1. The van der Waals surface area contributed by atoms with Crippen molar-refractivity contribution >= 4 is 44.4 Å². The van der Waals surface area contributed by atoms with Gasteiger partial charge in [0.1, 0.15) is 5.82 Å². The van der Waals surface area contributed by atoms with Gasteiger partial charge in [0.2, 0.25) is 5.91 Å². The minimum Gasteiger partial charge on any atom is -0.345 e. The Balaban J connectivity index is 1.32. The molecule has 1 amide bonds. The summed E-state index contributed by atoms with van der Waals surface area (Å²) in [5, 5.41) is 1.03. The van der Waals surface area contributed by atoms with Gasteiger partial charge in [-0.05, 0) is 48.9 Å². The first-order valence-electron chi connectivity index (χ1n) is 8.87. The van der Waals surface area contributed by atoms with Crippen LogP contribution in [0.15, 0.2) is 47.4 Å². The average Bonchev–Trinajstić information content (AvgIpc) is 3.10. The summed E-state index contributed by atoms with van der Waals surface area (Å²) in [6, 6.07) is 12.6. The number of amides is 1. The third-order valence-corrected chi connectivity index (χ3v) is 6.69. The number of benzene rings is 2. The van der Waals surface area contributed by atoms with Gasteiger partial charge in [0, 0.05) is 31.1 Å². The molecule has 0 atom stereocenters. The number of hydrogen-bond donors (Lipinski definition) is 0. The van der Waals surface area contributed by atoms with Gasteiger partial charge in [-0.25, -0.2) is 9.37 Å². The molecule has 0 saturated carbocycles. The van der Waals surface area contributed by atoms with Gasteiger partial charge in [0.25, 0.3) is 0 Å². The highest BCUT2D eigenvalue weighted by molar-refractivity contribution is 8.00. The van der Waals surface area contributed by atoms with E-state index in [4.69, 9.17) is 4.98 Å². The van der Waals surface area contributed by atoms with Crippen molar-refractivity contribution in [2.75, 3.05) is 36.8 Å². The second-order valence-electron chi connectivity index (χ2n) is 6.58. The number of aryl methyl sites for hydroxylation is 1. The number of piperazine rings is 1. The second-order valence-corrected chi connectivity index (χ2v) is 8.64. The van der Waals surface area contributed by atoms with E-state index in [0.717, 1.165) is 28.6 Å². The Hall–Kier alpha value is -2.12. The fourth-order valence-electron chi connectivity index (χ4n) is 3.07. The number of hydrogen-bond acceptors (Lipinski definition) is 5. The number of thiazole rings is 1. The Morgan fingerprint density at radius 1 is 1.15 bits per heavy atom. The molecule has 4 rings (SSSR count). The van der Waals surface area contributed by atoms with Gasteiger partial charge in [-0.15, -0.1) is 11.8 Å². The topological polar surface area (TPSA) is 36.4 Å². The first kappa shape index (κ1) is 18.3. The van der Waals surface area contributed by atoms with E-state index >= 15 is 0 Å². The second kappa shape index (κ2) is 7.86. The molecule has 140 valence electrons. The number of fused-ring (bicyclic) bond motifs is 1. The molecule has 7 heteroatoms. The molecule has 0 aliphatic carbocycles. The van der Waals surface area contributed by atoms with Gasteiger partial charge in [0.05, 0.1) is 16.0 Å². The van der Waals surface area contributed by atoms with E-state index in [0.29, 0.717) is 18.8 Å². The van der Waals surface area contributed by atoms with Gasteiger partial charge < -0.3 is 9.80 Å². The lowest BCUT2D eigenvalue weighted by molar-refractivity contribution is -0.128. The van der Waals surface area contributed by atoms with Crippen LogP contribution in [0.4, 0.5) is 9.52 Å². The van der Waals surface area contributed by atoms with E-state index in [1.807, 2.05) is 4.90 Å². The van der Waals surface area contributed by atoms with Crippen molar-refractivity contribution in [3.8, 4) is 0 Å². The predicted molar refractivity (Wildman–Crippen MR) is 110 cm³/mol. The number of aromatic nitrogens is 1. The molecule has 1 aromatic heterocycles. The van der Waals surface area contributed by atoms with E-state index < -0.39 is 0 Å². The Morgan fingerprint density at radius 2 is 1.89 bits per heavy atom. The summed E-state index contributed by atoms with van der Waals surface area (Å²) >= 11 is 3.16. The average molecular weight is 402 g/mol. The van der Waals surface area contributed by atoms with Crippen molar-refractivity contribution in [2.45, 2.75) is 11.8 Å². The minimum atomic E-state index is -0.258. The number of rotatable bonds is 4. The number of carbonyl (C=O) groups excluding carboxylic acids is 1. The van der Waals surface area contributed by atoms with Crippen LogP contribution in [0.25, 0.3) is 10.2 Å². The van der Waals surface area contributed by atoms with Crippen LogP contribution in [-0.2, 0) is 4.79 Å². The maximum absolute atomic E-state index is 12.9. The molecule has 1 aliphatic heterocycles. The molecular weight excluding hydrogens is 381 g/mol.